The van der Waals surface area contributed by atoms with Crippen LogP contribution in [0.5, 0.6) is 0 Å². The lowest BCUT2D eigenvalue weighted by Crippen LogP contribution is -2.55. The SMILES string of the molecule is B1NBNBN1.Br. The van der Waals surface area contributed by atoms with Crippen molar-refractivity contribution in [2.24, 2.45) is 0 Å². The van der Waals surface area contributed by atoms with E-state index in [1.54, 1.807) is 0 Å². The first-order valence-electron chi connectivity index (χ1n) is 2.12. The van der Waals surface area contributed by atoms with Gasteiger partial charge in [0.2, 0.25) is 0 Å². The molecule has 0 radical (unpaired) electrons. The molecule has 0 amide bonds. The minimum Gasteiger partial charge on any atom is -0.378 e. The molecular weight excluding hydrogens is 154 g/mol. The summed E-state index contributed by atoms with van der Waals surface area (Å²) in [5, 5.41) is 9.19. The minimum absolute atomic E-state index is 0. The Labute approximate surface area is 55.6 Å². The average molecular weight is 161 g/mol. The van der Waals surface area contributed by atoms with Gasteiger partial charge in [0.15, 0.2) is 0 Å². The number of nitrogens with one attached hydrogen (secondary N) is 3. The summed E-state index contributed by atoms with van der Waals surface area (Å²) in [5.74, 6) is 0. The van der Waals surface area contributed by atoms with Crippen LogP contribution in [0.25, 0.3) is 0 Å². The van der Waals surface area contributed by atoms with E-state index >= 15 is 0 Å². The summed E-state index contributed by atoms with van der Waals surface area (Å²) in [6.45, 7) is 0. The topological polar surface area (TPSA) is 36.1 Å². The number of hydrogen-bond donors (Lipinski definition) is 3. The van der Waals surface area contributed by atoms with E-state index in [-0.39, 0.29) is 17.0 Å². The van der Waals surface area contributed by atoms with Gasteiger partial charge in [0.25, 0.3) is 22.6 Å². The van der Waals surface area contributed by atoms with Crippen molar-refractivity contribution in [2.45, 2.75) is 0 Å². The maximum atomic E-state index is 3.06. The van der Waals surface area contributed by atoms with Gasteiger partial charge in [-0.2, -0.15) is 0 Å². The van der Waals surface area contributed by atoms with Crippen LogP contribution < -0.4 is 15.4 Å². The normalized spacial score (nSPS) is 17.1. The molecule has 0 aromatic rings. The summed E-state index contributed by atoms with van der Waals surface area (Å²) in [6.07, 6.45) is 0. The summed E-state index contributed by atoms with van der Waals surface area (Å²) in [7, 11) is 2.81. The second kappa shape index (κ2) is 4.71. The third kappa shape index (κ3) is 3.17. The van der Waals surface area contributed by atoms with E-state index in [2.05, 4.69) is 15.4 Å². The molecule has 7 heavy (non-hydrogen) atoms. The molecule has 3 nitrogen and oxygen atoms in total. The zero-order valence-electron chi connectivity index (χ0n) is 4.03. The van der Waals surface area contributed by atoms with E-state index in [0.29, 0.717) is 0 Å². The Bertz CT molecular complexity index is 25.7. The summed E-state index contributed by atoms with van der Waals surface area (Å²) >= 11 is 0. The maximum Gasteiger partial charge on any atom is 0.265 e. The van der Waals surface area contributed by atoms with Crippen LogP contribution in [0, 0.1) is 0 Å². The molecule has 0 aliphatic carbocycles. The Morgan fingerprint density at radius 2 is 1.00 bits per heavy atom. The van der Waals surface area contributed by atoms with Crippen molar-refractivity contribution in [3.05, 3.63) is 0 Å². The predicted molar refractivity (Wildman–Crippen MR) is 41.2 cm³/mol. The molecule has 1 aliphatic heterocycles. The molecule has 0 aromatic carbocycles. The molecule has 1 aliphatic rings. The second-order valence-corrected chi connectivity index (χ2v) is 1.28. The van der Waals surface area contributed by atoms with E-state index in [9.17, 15) is 0 Å². The van der Waals surface area contributed by atoms with E-state index in [1.807, 2.05) is 0 Å². The van der Waals surface area contributed by atoms with Gasteiger partial charge in [-0.3, -0.25) is 0 Å². The van der Waals surface area contributed by atoms with Gasteiger partial charge in [-0.05, 0) is 0 Å². The van der Waals surface area contributed by atoms with Crippen LogP contribution in [0.1, 0.15) is 0 Å². The first-order valence-corrected chi connectivity index (χ1v) is 2.12. The molecular formula is H7B3BrN3. The van der Waals surface area contributed by atoms with Crippen LogP contribution in [0.2, 0.25) is 0 Å². The van der Waals surface area contributed by atoms with Crippen molar-refractivity contribution >= 4 is 39.6 Å². The number of halogens is 1. The average Bonchev–Trinajstić information content (AvgIpc) is 1.72. The van der Waals surface area contributed by atoms with Gasteiger partial charge < -0.3 is 15.4 Å². The predicted octanol–water partition coefficient (Wildman–Crippen LogP) is -2.85. The molecule has 3 N–H and O–H groups in total. The summed E-state index contributed by atoms with van der Waals surface area (Å²) in [5.41, 5.74) is 0. The third-order valence-corrected chi connectivity index (χ3v) is 0.750. The quantitative estimate of drug-likeness (QED) is 0.335. The van der Waals surface area contributed by atoms with E-state index < -0.39 is 0 Å². The Morgan fingerprint density at radius 3 is 1.14 bits per heavy atom. The first kappa shape index (κ1) is 7.55. The highest BCUT2D eigenvalue weighted by Gasteiger charge is 1.97. The lowest BCUT2D eigenvalue weighted by Gasteiger charge is -2.08. The smallest absolute Gasteiger partial charge is 0.265 e. The first-order chi connectivity index (χ1) is 3.00. The molecule has 0 bridgehead atoms. The van der Waals surface area contributed by atoms with Gasteiger partial charge in [-0.1, -0.05) is 0 Å². The van der Waals surface area contributed by atoms with Crippen LogP contribution in [0.3, 0.4) is 0 Å². The van der Waals surface area contributed by atoms with E-state index in [1.165, 1.54) is 0 Å². The fraction of sp³-hybridized carbons (Fsp3) is 0. The monoisotopic (exact) mass is 161 g/mol. The molecule has 1 rings (SSSR count). The third-order valence-electron chi connectivity index (χ3n) is 0.750. The van der Waals surface area contributed by atoms with Crippen LogP contribution in [0.4, 0.5) is 0 Å². The van der Waals surface area contributed by atoms with Gasteiger partial charge >= 0.3 is 0 Å². The number of hydrogen-bond acceptors (Lipinski definition) is 3. The fourth-order valence-electron chi connectivity index (χ4n) is 0.453. The van der Waals surface area contributed by atoms with Crippen molar-refractivity contribution in [3.63, 3.8) is 0 Å². The molecule has 1 fully saturated rings. The van der Waals surface area contributed by atoms with Crippen LogP contribution in [-0.4, -0.2) is 22.6 Å². The molecule has 0 unspecified atom stereocenters. The van der Waals surface area contributed by atoms with E-state index in [0.717, 1.165) is 22.6 Å². The standard InChI is InChI=1S/B3H6N3.BrH/c1-4-2-6-3-5-1;/h1-6H;1H. The maximum absolute atomic E-state index is 3.06. The minimum atomic E-state index is 0. The Balaban J connectivity index is 0.000000360. The molecule has 7 heteroatoms. The van der Waals surface area contributed by atoms with Crippen LogP contribution in [-0.2, 0) is 0 Å². The second-order valence-electron chi connectivity index (χ2n) is 1.28. The van der Waals surface area contributed by atoms with Gasteiger partial charge in [-0.25, -0.2) is 0 Å². The molecule has 0 aromatic heterocycles. The highest BCUT2D eigenvalue weighted by molar-refractivity contribution is 8.93. The summed E-state index contributed by atoms with van der Waals surface area (Å²) in [6, 6.07) is 0. The Morgan fingerprint density at radius 1 is 0.714 bits per heavy atom. The van der Waals surface area contributed by atoms with Crippen molar-refractivity contribution in [1.82, 2.24) is 15.4 Å². The summed E-state index contributed by atoms with van der Waals surface area (Å²) in [4.78, 5) is 0. The zero-order chi connectivity index (χ0) is 4.24. The lowest BCUT2D eigenvalue weighted by molar-refractivity contribution is 1.28. The van der Waals surface area contributed by atoms with E-state index in [4.69, 9.17) is 0 Å². The van der Waals surface area contributed by atoms with Crippen LogP contribution in [0.15, 0.2) is 0 Å². The van der Waals surface area contributed by atoms with Crippen molar-refractivity contribution < 1.29 is 0 Å². The molecule has 1 saturated heterocycles. The Hall–Kier alpha value is 0.555. The molecule has 1 heterocycles. The molecule has 0 saturated carbocycles. The highest BCUT2D eigenvalue weighted by Crippen LogP contribution is 1.46. The van der Waals surface area contributed by atoms with Gasteiger partial charge in [0, 0.05) is 0 Å². The van der Waals surface area contributed by atoms with Gasteiger partial charge in [0.1, 0.15) is 0 Å². The van der Waals surface area contributed by atoms with Crippen molar-refractivity contribution in [3.8, 4) is 0 Å². The highest BCUT2D eigenvalue weighted by atomic mass is 79.9. The van der Waals surface area contributed by atoms with Gasteiger partial charge in [0.05, 0.1) is 0 Å². The molecule has 0 atom stereocenters. The largest absolute Gasteiger partial charge is 0.378 e. The number of rotatable bonds is 0. The molecule has 0 spiro atoms. The van der Waals surface area contributed by atoms with Gasteiger partial charge in [-0.15, -0.1) is 17.0 Å². The lowest BCUT2D eigenvalue weighted by atomic mass is 9.85. The zero-order valence-corrected chi connectivity index (χ0v) is 5.74. The summed E-state index contributed by atoms with van der Waals surface area (Å²) < 4.78 is 0. The van der Waals surface area contributed by atoms with Crippen molar-refractivity contribution in [2.75, 3.05) is 0 Å². The van der Waals surface area contributed by atoms with Crippen molar-refractivity contribution in [1.29, 1.82) is 0 Å². The molecule has 38 valence electrons. The Kier molecular flexibility index (Phi) is 5.08. The fourth-order valence-corrected chi connectivity index (χ4v) is 0.453. The van der Waals surface area contributed by atoms with Crippen LogP contribution >= 0.6 is 17.0 Å².